The van der Waals surface area contributed by atoms with Crippen LogP contribution in [0.1, 0.15) is 0 Å². The Hall–Kier alpha value is -0.0931. The van der Waals surface area contributed by atoms with E-state index in [1.54, 1.807) is 0 Å². The minimum atomic E-state index is -0.00656. The Morgan fingerprint density at radius 2 is 2.67 bits per heavy atom. The molecule has 0 aromatic rings. The topological polar surface area (TPSA) is 24.1 Å². The van der Waals surface area contributed by atoms with Crippen LogP contribution in [0.2, 0.25) is 0 Å². The van der Waals surface area contributed by atoms with Gasteiger partial charge in [0, 0.05) is 6.17 Å². The number of rotatable bonds is 0. The lowest BCUT2D eigenvalue weighted by Gasteiger charge is -1.86. The molecule has 1 aliphatic rings. The van der Waals surface area contributed by atoms with Crippen LogP contribution in [0, 0.1) is 0 Å². The van der Waals surface area contributed by atoms with E-state index < -0.39 is 0 Å². The standard InChI is InChI=1S/C2H6N2SSi/c5-2-3-1-6-4-2/h1,6H2,(H2,3,4,5). The highest BCUT2D eigenvalue weighted by molar-refractivity contribution is 7.80. The molecular weight excluding hydrogens is 112 g/mol. The van der Waals surface area contributed by atoms with Gasteiger partial charge in [-0.15, -0.1) is 0 Å². The molecule has 0 aromatic heterocycles. The first-order valence-electron chi connectivity index (χ1n) is 1.91. The molecule has 1 saturated heterocycles. The summed E-state index contributed by atoms with van der Waals surface area (Å²) in [6.07, 6.45) is 1.12. The molecule has 0 radical (unpaired) electrons. The summed E-state index contributed by atoms with van der Waals surface area (Å²) in [5.41, 5.74) is 0. The fourth-order valence-corrected chi connectivity index (χ4v) is 1.86. The van der Waals surface area contributed by atoms with Gasteiger partial charge in [-0.05, 0) is 12.2 Å². The lowest BCUT2D eigenvalue weighted by Crippen LogP contribution is -2.20. The molecule has 1 rings (SSSR count). The van der Waals surface area contributed by atoms with E-state index in [4.69, 9.17) is 12.2 Å². The lowest BCUT2D eigenvalue weighted by molar-refractivity contribution is 1.16. The quantitative estimate of drug-likeness (QED) is 0.299. The predicted molar refractivity (Wildman–Crippen MR) is 32.3 cm³/mol. The molecule has 4 heteroatoms. The van der Waals surface area contributed by atoms with Gasteiger partial charge in [0.2, 0.25) is 0 Å². The summed E-state index contributed by atoms with van der Waals surface area (Å²) in [5.74, 6) is 0. The number of nitrogens with one attached hydrogen (secondary N) is 2. The van der Waals surface area contributed by atoms with Crippen LogP contribution in [0.5, 0.6) is 0 Å². The molecule has 1 fully saturated rings. The van der Waals surface area contributed by atoms with Gasteiger partial charge in [-0.25, -0.2) is 0 Å². The summed E-state index contributed by atoms with van der Waals surface area (Å²) < 4.78 is 0. The second-order valence-corrected chi connectivity index (χ2v) is 2.94. The Balaban J connectivity index is 2.37. The van der Waals surface area contributed by atoms with Crippen molar-refractivity contribution in [1.82, 2.24) is 10.3 Å². The Kier molecular flexibility index (Phi) is 1.07. The van der Waals surface area contributed by atoms with E-state index in [1.165, 1.54) is 0 Å². The average molecular weight is 118 g/mol. The normalized spacial score (nSPS) is 23.7. The molecule has 0 saturated carbocycles. The molecule has 0 aromatic carbocycles. The van der Waals surface area contributed by atoms with Crippen molar-refractivity contribution in [3.63, 3.8) is 0 Å². The van der Waals surface area contributed by atoms with Crippen LogP contribution in [0.25, 0.3) is 0 Å². The van der Waals surface area contributed by atoms with Crippen LogP contribution in [-0.4, -0.2) is 21.0 Å². The first-order valence-corrected chi connectivity index (χ1v) is 4.03. The van der Waals surface area contributed by atoms with Gasteiger partial charge in [0.1, 0.15) is 9.68 Å². The summed E-state index contributed by atoms with van der Waals surface area (Å²) in [4.78, 5) is 3.08. The molecule has 0 aliphatic carbocycles. The van der Waals surface area contributed by atoms with Gasteiger partial charge in [0.05, 0.1) is 0 Å². The van der Waals surface area contributed by atoms with Crippen molar-refractivity contribution < 1.29 is 0 Å². The van der Waals surface area contributed by atoms with Crippen LogP contribution in [0.15, 0.2) is 0 Å². The summed E-state index contributed by atoms with van der Waals surface area (Å²) in [6, 6.07) is 0. The molecule has 34 valence electrons. The molecule has 0 amide bonds. The van der Waals surface area contributed by atoms with E-state index in [1.807, 2.05) is 0 Å². The molecule has 0 spiro atoms. The highest BCUT2D eigenvalue weighted by Gasteiger charge is 1.99. The molecule has 1 heterocycles. The van der Waals surface area contributed by atoms with E-state index in [9.17, 15) is 0 Å². The second-order valence-electron chi connectivity index (χ2n) is 1.18. The summed E-state index contributed by atoms with van der Waals surface area (Å²) in [5, 5.41) is 3.85. The molecule has 6 heavy (non-hydrogen) atoms. The summed E-state index contributed by atoms with van der Waals surface area (Å²) in [6.45, 7) is 0. The van der Waals surface area contributed by atoms with E-state index in [-0.39, 0.29) is 9.68 Å². The summed E-state index contributed by atoms with van der Waals surface area (Å²) in [7, 11) is -0.00656. The lowest BCUT2D eigenvalue weighted by atomic mass is 11.1. The zero-order valence-corrected chi connectivity index (χ0v) is 5.55. The van der Waals surface area contributed by atoms with Crippen LogP contribution in [0.3, 0.4) is 0 Å². The van der Waals surface area contributed by atoms with Gasteiger partial charge < -0.3 is 10.3 Å². The first-order chi connectivity index (χ1) is 2.89. The van der Waals surface area contributed by atoms with Gasteiger partial charge >= 0.3 is 0 Å². The zero-order valence-electron chi connectivity index (χ0n) is 3.32. The average Bonchev–Trinajstić information content (AvgIpc) is 1.86. The third-order valence-corrected chi connectivity index (χ3v) is 2.34. The van der Waals surface area contributed by atoms with Crippen LogP contribution < -0.4 is 10.3 Å². The summed E-state index contributed by atoms with van der Waals surface area (Å²) >= 11 is 4.73. The Morgan fingerprint density at radius 3 is 2.83 bits per heavy atom. The van der Waals surface area contributed by atoms with E-state index in [0.29, 0.717) is 0 Å². The maximum atomic E-state index is 4.73. The molecule has 2 N–H and O–H groups in total. The van der Waals surface area contributed by atoms with Crippen molar-refractivity contribution in [2.45, 2.75) is 0 Å². The third kappa shape index (κ3) is 0.692. The molecule has 0 bridgehead atoms. The molecule has 0 atom stereocenters. The Morgan fingerprint density at radius 1 is 1.83 bits per heavy atom. The molecule has 1 aliphatic heterocycles. The van der Waals surface area contributed by atoms with E-state index in [2.05, 4.69) is 10.3 Å². The fraction of sp³-hybridized carbons (Fsp3) is 0.500. The van der Waals surface area contributed by atoms with Crippen molar-refractivity contribution in [2.75, 3.05) is 6.17 Å². The number of hydrogen-bond donors (Lipinski definition) is 2. The van der Waals surface area contributed by atoms with Gasteiger partial charge in [-0.1, -0.05) is 0 Å². The maximum absolute atomic E-state index is 4.73. The molecular formula is C2H6N2SSi. The van der Waals surface area contributed by atoms with Gasteiger partial charge in [-0.3, -0.25) is 0 Å². The van der Waals surface area contributed by atoms with Crippen molar-refractivity contribution >= 4 is 27.0 Å². The van der Waals surface area contributed by atoms with Crippen molar-refractivity contribution in [3.05, 3.63) is 0 Å². The highest BCUT2D eigenvalue weighted by Crippen LogP contribution is 1.68. The van der Waals surface area contributed by atoms with E-state index >= 15 is 0 Å². The van der Waals surface area contributed by atoms with Crippen LogP contribution in [0.4, 0.5) is 0 Å². The fourth-order valence-electron chi connectivity index (χ4n) is 0.415. The SMILES string of the molecule is S=C1NC[SiH2]N1. The molecule has 2 nitrogen and oxygen atoms in total. The van der Waals surface area contributed by atoms with E-state index in [0.717, 1.165) is 11.3 Å². The van der Waals surface area contributed by atoms with Gasteiger partial charge in [0.25, 0.3) is 0 Å². The smallest absolute Gasteiger partial charge is 0.157 e. The van der Waals surface area contributed by atoms with Crippen LogP contribution >= 0.6 is 12.2 Å². The Bertz CT molecular complexity index is 65.9. The first kappa shape index (κ1) is 4.08. The molecule has 0 unspecified atom stereocenters. The van der Waals surface area contributed by atoms with Crippen molar-refractivity contribution in [3.8, 4) is 0 Å². The largest absolute Gasteiger partial charge is 0.392 e. The van der Waals surface area contributed by atoms with Crippen molar-refractivity contribution in [2.24, 2.45) is 0 Å². The highest BCUT2D eigenvalue weighted by atomic mass is 32.1. The minimum absolute atomic E-state index is 0.00656. The monoisotopic (exact) mass is 118 g/mol. The predicted octanol–water partition coefficient (Wildman–Crippen LogP) is -1.49. The number of hydrogen-bond acceptors (Lipinski definition) is 1. The Labute approximate surface area is 44.2 Å². The van der Waals surface area contributed by atoms with Crippen LogP contribution in [-0.2, 0) is 0 Å². The number of thiocarbonyl (C=S) groups is 1. The van der Waals surface area contributed by atoms with Crippen molar-refractivity contribution in [1.29, 1.82) is 0 Å². The minimum Gasteiger partial charge on any atom is -0.392 e. The van der Waals surface area contributed by atoms with Gasteiger partial charge in [-0.2, -0.15) is 0 Å². The zero-order chi connectivity index (χ0) is 4.41. The third-order valence-electron chi connectivity index (χ3n) is 0.696. The van der Waals surface area contributed by atoms with Gasteiger partial charge in [0.15, 0.2) is 5.11 Å². The maximum Gasteiger partial charge on any atom is 0.157 e. The second kappa shape index (κ2) is 1.57.